The third kappa shape index (κ3) is 5.73. The molecule has 1 saturated heterocycles. The first-order valence-corrected chi connectivity index (χ1v) is 11.0. The SMILES string of the molecule is O=C(NCCCN1CCN(c2ccccc2)CC1)c1ccc(NC2CC2)c([N+](=O)[O-])c1. The normalized spacial score (nSPS) is 16.7. The van der Waals surface area contributed by atoms with Crippen LogP contribution in [0, 0.1) is 10.1 Å². The van der Waals surface area contributed by atoms with Gasteiger partial charge < -0.3 is 15.5 Å². The number of benzene rings is 2. The fourth-order valence-electron chi connectivity index (χ4n) is 3.87. The third-order valence-corrected chi connectivity index (χ3v) is 5.82. The van der Waals surface area contributed by atoms with E-state index in [1.54, 1.807) is 12.1 Å². The van der Waals surface area contributed by atoms with Crippen molar-refractivity contribution in [3.63, 3.8) is 0 Å². The Kier molecular flexibility index (Phi) is 6.66. The molecule has 1 saturated carbocycles. The van der Waals surface area contributed by atoms with Crippen molar-refractivity contribution < 1.29 is 9.72 Å². The summed E-state index contributed by atoms with van der Waals surface area (Å²) in [4.78, 5) is 28.2. The van der Waals surface area contributed by atoms with Crippen molar-refractivity contribution in [3.8, 4) is 0 Å². The molecule has 8 heteroatoms. The maximum absolute atomic E-state index is 12.4. The molecule has 4 rings (SSSR count). The van der Waals surface area contributed by atoms with Crippen LogP contribution < -0.4 is 15.5 Å². The first-order valence-electron chi connectivity index (χ1n) is 11.0. The highest BCUT2D eigenvalue weighted by Crippen LogP contribution is 2.31. The zero-order valence-corrected chi connectivity index (χ0v) is 17.6. The summed E-state index contributed by atoms with van der Waals surface area (Å²) in [5.74, 6) is -0.269. The lowest BCUT2D eigenvalue weighted by atomic mass is 10.1. The van der Waals surface area contributed by atoms with Gasteiger partial charge in [-0.25, -0.2) is 0 Å². The summed E-state index contributed by atoms with van der Waals surface area (Å²) in [5, 5.41) is 17.4. The standard InChI is InChI=1S/C23H29N5O3/c29-23(18-7-10-21(25-19-8-9-19)22(17-18)28(30)31)24-11-4-12-26-13-15-27(16-14-26)20-5-2-1-3-6-20/h1-3,5-7,10,17,19,25H,4,8-9,11-16H2,(H,24,29). The second-order valence-corrected chi connectivity index (χ2v) is 8.18. The molecule has 0 spiro atoms. The summed E-state index contributed by atoms with van der Waals surface area (Å²) >= 11 is 0. The monoisotopic (exact) mass is 423 g/mol. The van der Waals surface area contributed by atoms with Crippen LogP contribution in [0.3, 0.4) is 0 Å². The van der Waals surface area contributed by atoms with Gasteiger partial charge in [-0.2, -0.15) is 0 Å². The Morgan fingerprint density at radius 3 is 2.48 bits per heavy atom. The number of hydrogen-bond donors (Lipinski definition) is 2. The molecule has 1 aliphatic heterocycles. The van der Waals surface area contributed by atoms with Crippen LogP contribution in [0.5, 0.6) is 0 Å². The van der Waals surface area contributed by atoms with Gasteiger partial charge in [0, 0.05) is 56.1 Å². The van der Waals surface area contributed by atoms with Gasteiger partial charge >= 0.3 is 0 Å². The molecule has 2 fully saturated rings. The minimum atomic E-state index is -0.434. The molecule has 0 unspecified atom stereocenters. The second-order valence-electron chi connectivity index (χ2n) is 8.18. The number of amides is 1. The van der Waals surface area contributed by atoms with Gasteiger partial charge in [-0.1, -0.05) is 18.2 Å². The Balaban J connectivity index is 1.20. The highest BCUT2D eigenvalue weighted by atomic mass is 16.6. The summed E-state index contributed by atoms with van der Waals surface area (Å²) in [5.41, 5.74) is 2.03. The molecule has 2 N–H and O–H groups in total. The number of nitro benzene ring substituents is 1. The fourth-order valence-corrected chi connectivity index (χ4v) is 3.87. The summed E-state index contributed by atoms with van der Waals surface area (Å²) in [6.45, 7) is 5.48. The number of anilines is 2. The van der Waals surface area contributed by atoms with Gasteiger partial charge in [-0.3, -0.25) is 19.8 Å². The number of nitrogens with zero attached hydrogens (tertiary/aromatic N) is 3. The Hall–Kier alpha value is -3.13. The predicted molar refractivity (Wildman–Crippen MR) is 122 cm³/mol. The van der Waals surface area contributed by atoms with Gasteiger partial charge in [-0.05, 0) is 50.1 Å². The molecule has 0 atom stereocenters. The lowest BCUT2D eigenvalue weighted by Gasteiger charge is -2.36. The average Bonchev–Trinajstić information content (AvgIpc) is 3.62. The van der Waals surface area contributed by atoms with E-state index >= 15 is 0 Å². The molecule has 164 valence electrons. The number of piperazine rings is 1. The van der Waals surface area contributed by atoms with E-state index in [1.807, 2.05) is 6.07 Å². The Bertz CT molecular complexity index is 909. The number of nitrogens with one attached hydrogen (secondary N) is 2. The molecule has 1 aliphatic carbocycles. The molecule has 0 aromatic heterocycles. The highest BCUT2D eigenvalue weighted by Gasteiger charge is 2.25. The number of para-hydroxylation sites is 1. The van der Waals surface area contributed by atoms with Crippen molar-refractivity contribution in [2.45, 2.75) is 25.3 Å². The third-order valence-electron chi connectivity index (χ3n) is 5.82. The molecular formula is C23H29N5O3. The van der Waals surface area contributed by atoms with Gasteiger partial charge in [0.2, 0.25) is 0 Å². The van der Waals surface area contributed by atoms with Crippen molar-refractivity contribution >= 4 is 23.0 Å². The first-order chi connectivity index (χ1) is 15.1. The number of rotatable bonds is 9. The van der Waals surface area contributed by atoms with Gasteiger partial charge in [0.05, 0.1) is 4.92 Å². The number of carbonyl (C=O) groups is 1. The second kappa shape index (κ2) is 9.78. The molecule has 0 bridgehead atoms. The molecule has 2 aromatic rings. The summed E-state index contributed by atoms with van der Waals surface area (Å²) in [6, 6.07) is 15.4. The minimum Gasteiger partial charge on any atom is -0.377 e. The van der Waals surface area contributed by atoms with E-state index in [0.29, 0.717) is 23.8 Å². The Morgan fingerprint density at radius 2 is 1.81 bits per heavy atom. The van der Waals surface area contributed by atoms with Crippen molar-refractivity contribution in [1.29, 1.82) is 0 Å². The van der Waals surface area contributed by atoms with Crippen LogP contribution in [-0.2, 0) is 0 Å². The van der Waals surface area contributed by atoms with Crippen LogP contribution in [0.2, 0.25) is 0 Å². The Labute approximate surface area is 182 Å². The van der Waals surface area contributed by atoms with Gasteiger partial charge in [0.15, 0.2) is 0 Å². The largest absolute Gasteiger partial charge is 0.377 e. The lowest BCUT2D eigenvalue weighted by Crippen LogP contribution is -2.47. The van der Waals surface area contributed by atoms with Crippen LogP contribution in [-0.4, -0.2) is 61.0 Å². The van der Waals surface area contributed by atoms with Gasteiger partial charge in [-0.15, -0.1) is 0 Å². The van der Waals surface area contributed by atoms with Crippen LogP contribution in [0.25, 0.3) is 0 Å². The molecule has 1 heterocycles. The Morgan fingerprint density at radius 1 is 1.06 bits per heavy atom. The molecule has 8 nitrogen and oxygen atoms in total. The van der Waals surface area contributed by atoms with E-state index in [1.165, 1.54) is 11.8 Å². The maximum Gasteiger partial charge on any atom is 0.293 e. The molecule has 31 heavy (non-hydrogen) atoms. The molecule has 0 radical (unpaired) electrons. The van der Waals surface area contributed by atoms with E-state index in [2.05, 4.69) is 44.7 Å². The van der Waals surface area contributed by atoms with Crippen LogP contribution in [0.4, 0.5) is 17.1 Å². The van der Waals surface area contributed by atoms with E-state index < -0.39 is 4.92 Å². The van der Waals surface area contributed by atoms with Crippen molar-refractivity contribution in [1.82, 2.24) is 10.2 Å². The van der Waals surface area contributed by atoms with Crippen LogP contribution >= 0.6 is 0 Å². The topological polar surface area (TPSA) is 90.8 Å². The predicted octanol–water partition coefficient (Wildman–Crippen LogP) is 3.11. The zero-order chi connectivity index (χ0) is 21.6. The van der Waals surface area contributed by atoms with Crippen LogP contribution in [0.1, 0.15) is 29.6 Å². The fraction of sp³-hybridized carbons (Fsp3) is 0.435. The summed E-state index contributed by atoms with van der Waals surface area (Å²) in [7, 11) is 0. The van der Waals surface area contributed by atoms with Crippen molar-refractivity contribution in [2.75, 3.05) is 49.5 Å². The minimum absolute atomic E-state index is 0.0455. The number of nitro groups is 1. The first kappa shape index (κ1) is 21.1. The molecule has 1 amide bonds. The maximum atomic E-state index is 12.4. The van der Waals surface area contributed by atoms with Crippen molar-refractivity contribution in [2.24, 2.45) is 0 Å². The quantitative estimate of drug-likeness (QED) is 0.366. The van der Waals surface area contributed by atoms with E-state index in [4.69, 9.17) is 0 Å². The zero-order valence-electron chi connectivity index (χ0n) is 17.6. The number of hydrogen-bond acceptors (Lipinski definition) is 6. The summed E-state index contributed by atoms with van der Waals surface area (Å²) < 4.78 is 0. The smallest absolute Gasteiger partial charge is 0.293 e. The summed E-state index contributed by atoms with van der Waals surface area (Å²) in [6.07, 6.45) is 2.90. The van der Waals surface area contributed by atoms with Gasteiger partial charge in [0.1, 0.15) is 5.69 Å². The van der Waals surface area contributed by atoms with E-state index in [-0.39, 0.29) is 11.6 Å². The van der Waals surface area contributed by atoms with Crippen LogP contribution in [0.15, 0.2) is 48.5 Å². The van der Waals surface area contributed by atoms with E-state index in [9.17, 15) is 14.9 Å². The van der Waals surface area contributed by atoms with E-state index in [0.717, 1.165) is 52.0 Å². The average molecular weight is 424 g/mol. The van der Waals surface area contributed by atoms with Crippen molar-refractivity contribution in [3.05, 3.63) is 64.2 Å². The lowest BCUT2D eigenvalue weighted by molar-refractivity contribution is -0.384. The molecule has 2 aliphatic rings. The molecular weight excluding hydrogens is 394 g/mol. The van der Waals surface area contributed by atoms with Gasteiger partial charge in [0.25, 0.3) is 11.6 Å². The number of carbonyl (C=O) groups excluding carboxylic acids is 1. The highest BCUT2D eigenvalue weighted by molar-refractivity contribution is 5.95. The molecule has 2 aromatic carbocycles.